The summed E-state index contributed by atoms with van der Waals surface area (Å²) in [5.74, 6) is 0.756. The van der Waals surface area contributed by atoms with Crippen molar-refractivity contribution < 1.29 is 17.5 Å². The Kier molecular flexibility index (Phi) is 5.74. The van der Waals surface area contributed by atoms with Gasteiger partial charge in [-0.15, -0.1) is 0 Å². The van der Waals surface area contributed by atoms with Gasteiger partial charge >= 0.3 is 10.1 Å². The van der Waals surface area contributed by atoms with Crippen LogP contribution in [0.5, 0.6) is 0 Å². The van der Waals surface area contributed by atoms with E-state index in [2.05, 4.69) is 0 Å². The zero-order chi connectivity index (χ0) is 17.9. The molecule has 2 fully saturated rings. The molecule has 0 spiro atoms. The quantitative estimate of drug-likeness (QED) is 0.436. The second-order valence-electron chi connectivity index (χ2n) is 7.16. The van der Waals surface area contributed by atoms with E-state index >= 15 is 0 Å². The number of benzene rings is 1. The molecule has 1 aromatic rings. The Hall–Kier alpha value is -1.47. The normalized spacial score (nSPS) is 25.6. The lowest BCUT2D eigenvalue weighted by Crippen LogP contribution is -2.36. The predicted octanol–water partition coefficient (Wildman–Crippen LogP) is 4.44. The van der Waals surface area contributed by atoms with Gasteiger partial charge in [-0.25, -0.2) is 0 Å². The molecule has 0 radical (unpaired) electrons. The fourth-order valence-corrected chi connectivity index (χ4v) is 5.69. The van der Waals surface area contributed by atoms with Crippen molar-refractivity contribution in [2.24, 2.45) is 11.8 Å². The lowest BCUT2D eigenvalue weighted by atomic mass is 9.72. The molecule has 0 bridgehead atoms. The molecule has 0 saturated heterocycles. The minimum atomic E-state index is -4.15. The number of rotatable bonds is 5. The fraction of sp³-hybridized carbons (Fsp3) is 0.667. The number of nitro groups is 1. The van der Waals surface area contributed by atoms with Crippen LogP contribution in [-0.2, 0) is 14.3 Å². The van der Waals surface area contributed by atoms with Crippen molar-refractivity contribution in [3.05, 3.63) is 34.4 Å². The summed E-state index contributed by atoms with van der Waals surface area (Å²) in [5.41, 5.74) is -0.424. The third-order valence-corrected chi connectivity index (χ3v) is 6.97. The van der Waals surface area contributed by atoms with Crippen molar-refractivity contribution in [3.63, 3.8) is 0 Å². The van der Waals surface area contributed by atoms with Crippen LogP contribution in [0.1, 0.15) is 57.8 Å². The third kappa shape index (κ3) is 4.20. The van der Waals surface area contributed by atoms with Crippen molar-refractivity contribution in [2.45, 2.75) is 68.8 Å². The van der Waals surface area contributed by atoms with Crippen LogP contribution in [-0.4, -0.2) is 19.4 Å². The maximum atomic E-state index is 12.7. The number of hydrogen-bond acceptors (Lipinski definition) is 5. The van der Waals surface area contributed by atoms with E-state index in [1.807, 2.05) is 0 Å². The Morgan fingerprint density at radius 3 is 2.32 bits per heavy atom. The van der Waals surface area contributed by atoms with Crippen LogP contribution >= 0.6 is 0 Å². The fourth-order valence-electron chi connectivity index (χ4n) is 4.38. The van der Waals surface area contributed by atoms with Crippen molar-refractivity contribution in [1.82, 2.24) is 0 Å². The molecule has 2 aliphatic rings. The standard InChI is InChI=1S/C18H25NO5S/c20-19(21)16-11-5-7-13-18(16)25(22,23)24-17-12-6-4-10-15(17)14-8-2-1-3-9-14/h5,7,11,13-15,17H,1-4,6,8-10,12H2. The van der Waals surface area contributed by atoms with Crippen LogP contribution in [0, 0.1) is 22.0 Å². The molecule has 0 aliphatic heterocycles. The minimum Gasteiger partial charge on any atom is -0.263 e. The van der Waals surface area contributed by atoms with Crippen molar-refractivity contribution >= 4 is 15.8 Å². The molecule has 25 heavy (non-hydrogen) atoms. The summed E-state index contributed by atoms with van der Waals surface area (Å²) in [6, 6.07) is 5.41. The first-order chi connectivity index (χ1) is 12.0. The predicted molar refractivity (Wildman–Crippen MR) is 93.7 cm³/mol. The Balaban J connectivity index is 1.82. The van der Waals surface area contributed by atoms with Gasteiger partial charge in [0.1, 0.15) is 0 Å². The molecule has 7 heteroatoms. The highest BCUT2D eigenvalue weighted by molar-refractivity contribution is 7.87. The first-order valence-electron chi connectivity index (χ1n) is 9.16. The molecule has 138 valence electrons. The summed E-state index contributed by atoms with van der Waals surface area (Å²) in [5, 5.41) is 11.2. The van der Waals surface area contributed by atoms with Crippen molar-refractivity contribution in [1.29, 1.82) is 0 Å². The molecule has 1 aromatic carbocycles. The van der Waals surface area contributed by atoms with E-state index in [4.69, 9.17) is 4.18 Å². The molecule has 3 rings (SSSR count). The van der Waals surface area contributed by atoms with Crippen LogP contribution < -0.4 is 0 Å². The number of nitro benzene ring substituents is 1. The van der Waals surface area contributed by atoms with Gasteiger partial charge in [0.25, 0.3) is 5.69 Å². The smallest absolute Gasteiger partial charge is 0.263 e. The molecule has 0 heterocycles. The summed E-state index contributed by atoms with van der Waals surface area (Å²) in [4.78, 5) is 10.1. The highest BCUT2D eigenvalue weighted by Gasteiger charge is 2.37. The van der Waals surface area contributed by atoms with Gasteiger partial charge in [0.2, 0.25) is 0 Å². The molecular formula is C18H25NO5S. The minimum absolute atomic E-state index is 0.242. The summed E-state index contributed by atoms with van der Waals surface area (Å²) < 4.78 is 31.0. The molecule has 0 N–H and O–H groups in total. The molecule has 2 unspecified atom stereocenters. The van der Waals surface area contributed by atoms with E-state index < -0.39 is 20.7 Å². The molecule has 0 amide bonds. The molecule has 2 aliphatic carbocycles. The Labute approximate surface area is 148 Å². The van der Waals surface area contributed by atoms with E-state index in [1.165, 1.54) is 43.5 Å². The largest absolute Gasteiger partial charge is 0.304 e. The van der Waals surface area contributed by atoms with Gasteiger partial charge < -0.3 is 0 Å². The Bertz CT molecular complexity index is 712. The van der Waals surface area contributed by atoms with E-state index in [9.17, 15) is 18.5 Å². The van der Waals surface area contributed by atoms with Gasteiger partial charge in [0.15, 0.2) is 4.90 Å². The number of para-hydroxylation sites is 1. The third-order valence-electron chi connectivity index (χ3n) is 5.59. The Morgan fingerprint density at radius 1 is 0.960 bits per heavy atom. The highest BCUT2D eigenvalue weighted by Crippen LogP contribution is 2.41. The average molecular weight is 367 g/mol. The molecule has 2 atom stereocenters. The van der Waals surface area contributed by atoms with Gasteiger partial charge in [-0.2, -0.15) is 8.42 Å². The Morgan fingerprint density at radius 2 is 1.60 bits per heavy atom. The van der Waals surface area contributed by atoms with Crippen molar-refractivity contribution in [3.8, 4) is 0 Å². The summed E-state index contributed by atoms with van der Waals surface area (Å²) in [6.07, 6.45) is 9.31. The van der Waals surface area contributed by atoms with Crippen LogP contribution in [0.15, 0.2) is 29.2 Å². The monoisotopic (exact) mass is 367 g/mol. The molecular weight excluding hydrogens is 342 g/mol. The van der Waals surface area contributed by atoms with Gasteiger partial charge in [-0.3, -0.25) is 14.3 Å². The molecule has 2 saturated carbocycles. The summed E-state index contributed by atoms with van der Waals surface area (Å²) >= 11 is 0. The second kappa shape index (κ2) is 7.83. The van der Waals surface area contributed by atoms with Crippen LogP contribution in [0.3, 0.4) is 0 Å². The average Bonchev–Trinajstić information content (AvgIpc) is 2.62. The SMILES string of the molecule is O=[N+]([O-])c1ccccc1S(=O)(=O)OC1CCCCC1C1CCCCC1. The number of nitrogens with zero attached hydrogens (tertiary/aromatic N) is 1. The first-order valence-corrected chi connectivity index (χ1v) is 10.6. The molecule has 6 nitrogen and oxygen atoms in total. The van der Waals surface area contributed by atoms with Gasteiger partial charge in [-0.1, -0.05) is 57.1 Å². The van der Waals surface area contributed by atoms with Gasteiger partial charge in [0.05, 0.1) is 11.0 Å². The van der Waals surface area contributed by atoms with Crippen LogP contribution in [0.2, 0.25) is 0 Å². The molecule has 0 aromatic heterocycles. The van der Waals surface area contributed by atoms with Crippen molar-refractivity contribution in [2.75, 3.05) is 0 Å². The summed E-state index contributed by atoms with van der Waals surface area (Å²) in [7, 11) is -4.15. The number of hydrogen-bond donors (Lipinski definition) is 0. The lowest BCUT2D eigenvalue weighted by Gasteiger charge is -2.38. The maximum Gasteiger partial charge on any atom is 0.304 e. The van der Waals surface area contributed by atoms with E-state index in [0.29, 0.717) is 12.3 Å². The first kappa shape index (κ1) is 18.3. The highest BCUT2D eigenvalue weighted by atomic mass is 32.2. The topological polar surface area (TPSA) is 86.5 Å². The van der Waals surface area contributed by atoms with E-state index in [1.54, 1.807) is 0 Å². The lowest BCUT2D eigenvalue weighted by molar-refractivity contribution is -0.387. The second-order valence-corrected chi connectivity index (χ2v) is 8.70. The zero-order valence-corrected chi connectivity index (χ0v) is 15.1. The maximum absolute atomic E-state index is 12.7. The van der Waals surface area contributed by atoms with Crippen LogP contribution in [0.25, 0.3) is 0 Å². The van der Waals surface area contributed by atoms with E-state index in [0.717, 1.165) is 32.1 Å². The van der Waals surface area contributed by atoms with E-state index in [-0.39, 0.29) is 16.9 Å². The zero-order valence-electron chi connectivity index (χ0n) is 14.3. The van der Waals surface area contributed by atoms with Crippen LogP contribution in [0.4, 0.5) is 5.69 Å². The van der Waals surface area contributed by atoms with Gasteiger partial charge in [0, 0.05) is 6.07 Å². The van der Waals surface area contributed by atoms with Gasteiger partial charge in [-0.05, 0) is 30.7 Å². The summed E-state index contributed by atoms with van der Waals surface area (Å²) in [6.45, 7) is 0.